The van der Waals surface area contributed by atoms with Gasteiger partial charge >= 0.3 is 0 Å². The lowest BCUT2D eigenvalue weighted by Crippen LogP contribution is -2.40. The van der Waals surface area contributed by atoms with Crippen molar-refractivity contribution in [1.82, 2.24) is 0 Å². The molecule has 0 saturated carbocycles. The first-order valence-corrected chi connectivity index (χ1v) is 8.74. The predicted molar refractivity (Wildman–Crippen MR) is 84.3 cm³/mol. The second-order valence-electron chi connectivity index (χ2n) is 6.58. The molecule has 1 unspecified atom stereocenters. The van der Waals surface area contributed by atoms with Gasteiger partial charge in [-0.2, -0.15) is 0 Å². The van der Waals surface area contributed by atoms with Crippen LogP contribution in [0.3, 0.4) is 0 Å². The summed E-state index contributed by atoms with van der Waals surface area (Å²) in [5.74, 6) is -0.469. The van der Waals surface area contributed by atoms with Crippen molar-refractivity contribution in [2.24, 2.45) is 5.92 Å². The van der Waals surface area contributed by atoms with E-state index >= 15 is 0 Å². The van der Waals surface area contributed by atoms with Gasteiger partial charge in [0.15, 0.2) is 23.4 Å². The van der Waals surface area contributed by atoms with Gasteiger partial charge in [-0.1, -0.05) is 0 Å². The summed E-state index contributed by atoms with van der Waals surface area (Å²) in [6, 6.07) is 0. The standard InChI is InChI=1S/C14H22O6S2/c1-13(2)15-5-9(18-13)10-8(6-22-16-7-21)11-12(17-10)20-14(3,4)19-11/h7-12H,5-6H2,1-4H3/t8-,9?,10+,11+,12+/m0/s1. The molecule has 5 atom stereocenters. The van der Waals surface area contributed by atoms with Crippen LogP contribution in [0.2, 0.25) is 0 Å². The number of rotatable bonds is 5. The van der Waals surface area contributed by atoms with Crippen LogP contribution in [0.15, 0.2) is 0 Å². The molecule has 8 heteroatoms. The Morgan fingerprint density at radius 1 is 1.14 bits per heavy atom. The summed E-state index contributed by atoms with van der Waals surface area (Å²) in [6.45, 7) is 8.07. The zero-order valence-electron chi connectivity index (χ0n) is 13.1. The van der Waals surface area contributed by atoms with E-state index in [-0.39, 0.29) is 30.5 Å². The van der Waals surface area contributed by atoms with Crippen molar-refractivity contribution in [1.29, 1.82) is 0 Å². The van der Waals surface area contributed by atoms with E-state index in [0.29, 0.717) is 12.4 Å². The summed E-state index contributed by atoms with van der Waals surface area (Å²) in [7, 11) is 0. The molecule has 0 aromatic carbocycles. The Morgan fingerprint density at radius 3 is 2.55 bits per heavy atom. The maximum atomic E-state index is 6.08. The van der Waals surface area contributed by atoms with Crippen molar-refractivity contribution in [3.8, 4) is 0 Å². The molecule has 3 heterocycles. The van der Waals surface area contributed by atoms with Crippen LogP contribution < -0.4 is 0 Å². The SMILES string of the molecule is CC1(C)OCC([C@@H]2O[C@@H]3OC(C)(C)O[C@@H]3[C@H]2CSOC=S)O1. The van der Waals surface area contributed by atoms with E-state index in [0.717, 1.165) is 0 Å². The highest BCUT2D eigenvalue weighted by Crippen LogP contribution is 2.44. The van der Waals surface area contributed by atoms with Gasteiger partial charge in [0.2, 0.25) is 0 Å². The van der Waals surface area contributed by atoms with Crippen molar-refractivity contribution >= 4 is 29.8 Å². The summed E-state index contributed by atoms with van der Waals surface area (Å²) < 4.78 is 34.7. The van der Waals surface area contributed by atoms with Crippen molar-refractivity contribution in [2.75, 3.05) is 12.4 Å². The van der Waals surface area contributed by atoms with Crippen LogP contribution in [0.5, 0.6) is 0 Å². The van der Waals surface area contributed by atoms with Gasteiger partial charge in [-0.25, -0.2) is 0 Å². The Kier molecular flexibility index (Phi) is 4.73. The van der Waals surface area contributed by atoms with E-state index in [4.69, 9.17) is 27.9 Å². The molecule has 3 aliphatic heterocycles. The third-order valence-electron chi connectivity index (χ3n) is 3.99. The summed E-state index contributed by atoms with van der Waals surface area (Å²) in [4.78, 5) is 0. The summed E-state index contributed by atoms with van der Waals surface area (Å²) in [6.07, 6.45) is -0.831. The van der Waals surface area contributed by atoms with E-state index < -0.39 is 11.6 Å². The summed E-state index contributed by atoms with van der Waals surface area (Å²) >= 11 is 5.98. The van der Waals surface area contributed by atoms with Gasteiger partial charge < -0.3 is 27.9 Å². The highest BCUT2D eigenvalue weighted by molar-refractivity contribution is 7.95. The second kappa shape index (κ2) is 6.16. The predicted octanol–water partition coefficient (Wildman–Crippen LogP) is 2.25. The zero-order valence-corrected chi connectivity index (χ0v) is 14.8. The van der Waals surface area contributed by atoms with E-state index in [2.05, 4.69) is 12.2 Å². The van der Waals surface area contributed by atoms with Crippen molar-refractivity contribution in [3.63, 3.8) is 0 Å². The van der Waals surface area contributed by atoms with E-state index in [1.807, 2.05) is 27.7 Å². The number of fused-ring (bicyclic) bond motifs is 1. The fraction of sp³-hybridized carbons (Fsp3) is 0.929. The topological polar surface area (TPSA) is 55.4 Å². The van der Waals surface area contributed by atoms with Gasteiger partial charge in [-0.3, -0.25) is 0 Å². The molecule has 3 fully saturated rings. The molecule has 0 aromatic heterocycles. The normalized spacial score (nSPS) is 42.3. The van der Waals surface area contributed by atoms with Crippen LogP contribution in [-0.4, -0.2) is 54.1 Å². The molecular weight excluding hydrogens is 328 g/mol. The number of thiocarbonyl (C=S) groups is 1. The lowest BCUT2D eigenvalue weighted by molar-refractivity contribution is -0.226. The first kappa shape index (κ1) is 16.9. The second-order valence-corrected chi connectivity index (χ2v) is 7.53. The number of hydrogen-bond acceptors (Lipinski definition) is 8. The molecule has 0 aliphatic carbocycles. The third-order valence-corrected chi connectivity index (χ3v) is 4.96. The van der Waals surface area contributed by atoms with Crippen molar-refractivity contribution in [3.05, 3.63) is 0 Å². The molecule has 22 heavy (non-hydrogen) atoms. The van der Waals surface area contributed by atoms with Gasteiger partial charge in [0, 0.05) is 11.7 Å². The Labute approximate surface area is 140 Å². The fourth-order valence-electron chi connectivity index (χ4n) is 3.17. The monoisotopic (exact) mass is 350 g/mol. The minimum absolute atomic E-state index is 0.0780. The van der Waals surface area contributed by atoms with Crippen molar-refractivity contribution < 1.29 is 27.9 Å². The minimum Gasteiger partial charge on any atom is -0.422 e. The zero-order chi connectivity index (χ0) is 16.0. The van der Waals surface area contributed by atoms with Gasteiger partial charge in [-0.15, -0.1) is 0 Å². The van der Waals surface area contributed by atoms with Crippen LogP contribution in [0.25, 0.3) is 0 Å². The Morgan fingerprint density at radius 2 is 1.91 bits per heavy atom. The quantitative estimate of drug-likeness (QED) is 0.425. The lowest BCUT2D eigenvalue weighted by atomic mass is 9.97. The van der Waals surface area contributed by atoms with Crippen LogP contribution in [0.1, 0.15) is 27.7 Å². The average molecular weight is 350 g/mol. The molecule has 6 nitrogen and oxygen atoms in total. The summed E-state index contributed by atoms with van der Waals surface area (Å²) in [5, 5.41) is 0. The van der Waals surface area contributed by atoms with Gasteiger partial charge in [0.1, 0.15) is 12.2 Å². The van der Waals surface area contributed by atoms with E-state index in [1.54, 1.807) is 0 Å². The highest BCUT2D eigenvalue weighted by atomic mass is 32.2. The molecule has 0 spiro atoms. The van der Waals surface area contributed by atoms with Crippen molar-refractivity contribution in [2.45, 2.75) is 63.9 Å². The lowest BCUT2D eigenvalue weighted by Gasteiger charge is -2.28. The molecule has 0 bridgehead atoms. The van der Waals surface area contributed by atoms with Crippen LogP contribution in [-0.2, 0) is 27.9 Å². The number of ether oxygens (including phenoxy) is 5. The van der Waals surface area contributed by atoms with E-state index in [9.17, 15) is 0 Å². The molecule has 0 radical (unpaired) electrons. The van der Waals surface area contributed by atoms with Crippen LogP contribution >= 0.6 is 24.3 Å². The van der Waals surface area contributed by atoms with Gasteiger partial charge in [0.25, 0.3) is 0 Å². The van der Waals surface area contributed by atoms with E-state index in [1.165, 1.54) is 17.6 Å². The maximum Gasteiger partial charge on any atom is 0.187 e. The molecule has 0 N–H and O–H groups in total. The average Bonchev–Trinajstić information content (AvgIpc) is 3.01. The highest BCUT2D eigenvalue weighted by Gasteiger charge is 2.58. The third kappa shape index (κ3) is 3.43. The Bertz CT molecular complexity index is 430. The first-order valence-electron chi connectivity index (χ1n) is 7.36. The van der Waals surface area contributed by atoms with Crippen LogP contribution in [0, 0.1) is 5.92 Å². The smallest absolute Gasteiger partial charge is 0.187 e. The maximum absolute atomic E-state index is 6.08. The Balaban J connectivity index is 1.71. The molecule has 3 aliphatic rings. The molecule has 3 saturated heterocycles. The van der Waals surface area contributed by atoms with Gasteiger partial charge in [-0.05, 0) is 39.9 Å². The molecular formula is C14H22O6S2. The molecule has 126 valence electrons. The largest absolute Gasteiger partial charge is 0.422 e. The molecule has 3 rings (SSSR count). The van der Waals surface area contributed by atoms with Crippen LogP contribution in [0.4, 0.5) is 0 Å². The fourth-order valence-corrected chi connectivity index (χ4v) is 4.01. The van der Waals surface area contributed by atoms with Gasteiger partial charge in [0.05, 0.1) is 24.8 Å². The Hall–Kier alpha value is 0.0400. The summed E-state index contributed by atoms with van der Waals surface area (Å²) in [5.41, 5.74) is 1.25. The first-order chi connectivity index (χ1) is 10.3. The molecule has 0 aromatic rings. The molecule has 0 amide bonds. The number of hydrogen-bond donors (Lipinski definition) is 0. The minimum atomic E-state index is -0.638.